The molecule has 0 radical (unpaired) electrons. The Morgan fingerprint density at radius 3 is 2.79 bits per heavy atom. The Labute approximate surface area is 86.6 Å². The number of nitrogens with two attached hydrogens (primary N) is 1. The second kappa shape index (κ2) is 3.38. The van der Waals surface area contributed by atoms with E-state index in [1.165, 1.54) is 4.88 Å². The molecule has 0 atom stereocenters. The molecule has 0 unspecified atom stereocenters. The first-order chi connectivity index (χ1) is 6.68. The molecule has 0 bridgehead atoms. The van der Waals surface area contributed by atoms with Crippen molar-refractivity contribution in [2.24, 2.45) is 0 Å². The molecular formula is C10H11N3S. The summed E-state index contributed by atoms with van der Waals surface area (Å²) in [6.07, 6.45) is 1.76. The van der Waals surface area contributed by atoms with Crippen LogP contribution in [0.15, 0.2) is 17.6 Å². The fraction of sp³-hybridized carbons (Fsp3) is 0.200. The monoisotopic (exact) mass is 205 g/mol. The summed E-state index contributed by atoms with van der Waals surface area (Å²) in [7, 11) is 0. The van der Waals surface area contributed by atoms with Gasteiger partial charge in [-0.05, 0) is 30.9 Å². The van der Waals surface area contributed by atoms with Crippen molar-refractivity contribution in [2.75, 3.05) is 5.73 Å². The van der Waals surface area contributed by atoms with E-state index < -0.39 is 0 Å². The summed E-state index contributed by atoms with van der Waals surface area (Å²) in [4.78, 5) is 9.45. The molecule has 0 saturated carbocycles. The van der Waals surface area contributed by atoms with Crippen LogP contribution >= 0.6 is 11.3 Å². The van der Waals surface area contributed by atoms with E-state index in [2.05, 4.69) is 28.3 Å². The molecule has 0 aliphatic rings. The Kier molecular flexibility index (Phi) is 2.21. The van der Waals surface area contributed by atoms with Crippen molar-refractivity contribution < 1.29 is 0 Å². The Balaban J connectivity index is 2.62. The second-order valence-corrected chi connectivity index (χ2v) is 4.27. The molecule has 0 aliphatic carbocycles. The fourth-order valence-corrected chi connectivity index (χ4v) is 2.06. The lowest BCUT2D eigenvalue weighted by Crippen LogP contribution is -1.98. The minimum Gasteiger partial charge on any atom is -0.368 e. The quantitative estimate of drug-likeness (QED) is 0.777. The lowest BCUT2D eigenvalue weighted by atomic mass is 10.1. The van der Waals surface area contributed by atoms with Gasteiger partial charge in [-0.15, -0.1) is 11.3 Å². The van der Waals surface area contributed by atoms with Gasteiger partial charge >= 0.3 is 0 Å². The van der Waals surface area contributed by atoms with Gasteiger partial charge in [0.2, 0.25) is 5.95 Å². The van der Waals surface area contributed by atoms with Gasteiger partial charge in [0.15, 0.2) is 0 Å². The molecule has 0 aromatic carbocycles. The maximum Gasteiger partial charge on any atom is 0.220 e. The third-order valence-electron chi connectivity index (χ3n) is 2.10. The zero-order valence-corrected chi connectivity index (χ0v) is 8.93. The van der Waals surface area contributed by atoms with Crippen LogP contribution < -0.4 is 5.73 Å². The maximum absolute atomic E-state index is 5.56. The predicted molar refractivity (Wildman–Crippen MR) is 59.2 cm³/mol. The molecule has 3 nitrogen and oxygen atoms in total. The van der Waals surface area contributed by atoms with Gasteiger partial charge in [-0.1, -0.05) is 0 Å². The number of hydrogen-bond acceptors (Lipinski definition) is 4. The summed E-state index contributed by atoms with van der Waals surface area (Å²) < 4.78 is 0. The van der Waals surface area contributed by atoms with Crippen molar-refractivity contribution in [2.45, 2.75) is 13.8 Å². The van der Waals surface area contributed by atoms with E-state index in [1.807, 2.05) is 6.92 Å². The average Bonchev–Trinajstić information content (AvgIpc) is 2.56. The highest BCUT2D eigenvalue weighted by molar-refractivity contribution is 7.10. The molecule has 0 amide bonds. The average molecular weight is 205 g/mol. The van der Waals surface area contributed by atoms with Gasteiger partial charge in [0, 0.05) is 16.6 Å². The number of hydrogen-bond donors (Lipinski definition) is 1. The molecular weight excluding hydrogens is 194 g/mol. The van der Waals surface area contributed by atoms with E-state index in [-0.39, 0.29) is 0 Å². The number of aryl methyl sites for hydroxylation is 2. The largest absolute Gasteiger partial charge is 0.368 e. The van der Waals surface area contributed by atoms with E-state index in [1.54, 1.807) is 17.5 Å². The number of thiophene rings is 1. The summed E-state index contributed by atoms with van der Waals surface area (Å²) >= 11 is 1.71. The molecule has 4 heteroatoms. The first-order valence-electron chi connectivity index (χ1n) is 4.32. The lowest BCUT2D eigenvalue weighted by Gasteiger charge is -2.03. The van der Waals surface area contributed by atoms with Gasteiger partial charge in [-0.25, -0.2) is 9.97 Å². The van der Waals surface area contributed by atoms with Gasteiger partial charge in [0.25, 0.3) is 0 Å². The Morgan fingerprint density at radius 1 is 1.36 bits per heavy atom. The van der Waals surface area contributed by atoms with Gasteiger partial charge in [0.1, 0.15) is 0 Å². The topological polar surface area (TPSA) is 51.8 Å². The molecule has 72 valence electrons. The number of rotatable bonds is 1. The standard InChI is InChI=1S/C10H11N3S/c1-6-5-12-10(11)13-9(6)8-3-4-14-7(8)2/h3-5H,1-2H3,(H2,11,12,13). The normalized spacial score (nSPS) is 10.4. The second-order valence-electron chi connectivity index (χ2n) is 3.15. The highest BCUT2D eigenvalue weighted by atomic mass is 32.1. The summed E-state index contributed by atoms with van der Waals surface area (Å²) in [5, 5.41) is 2.06. The van der Waals surface area contributed by atoms with Crippen LogP contribution in [0.3, 0.4) is 0 Å². The molecule has 2 aromatic heterocycles. The molecule has 2 aromatic rings. The van der Waals surface area contributed by atoms with Crippen molar-refractivity contribution in [3.05, 3.63) is 28.1 Å². The minimum atomic E-state index is 0.330. The maximum atomic E-state index is 5.56. The first kappa shape index (κ1) is 9.15. The summed E-state index contributed by atoms with van der Waals surface area (Å²) in [5.41, 5.74) is 8.72. The van der Waals surface area contributed by atoms with Crippen LogP contribution in [0.1, 0.15) is 10.4 Å². The number of aromatic nitrogens is 2. The fourth-order valence-electron chi connectivity index (χ4n) is 1.36. The summed E-state index contributed by atoms with van der Waals surface area (Å²) in [6, 6.07) is 2.06. The predicted octanol–water partition coefficient (Wildman–Crippen LogP) is 2.40. The molecule has 2 rings (SSSR count). The SMILES string of the molecule is Cc1cnc(N)nc1-c1ccsc1C. The highest BCUT2D eigenvalue weighted by Gasteiger charge is 2.08. The van der Waals surface area contributed by atoms with E-state index in [4.69, 9.17) is 5.73 Å². The van der Waals surface area contributed by atoms with E-state index in [9.17, 15) is 0 Å². The Hall–Kier alpha value is -1.42. The van der Waals surface area contributed by atoms with E-state index in [0.29, 0.717) is 5.95 Å². The third kappa shape index (κ3) is 1.48. The van der Waals surface area contributed by atoms with Crippen LogP contribution in [-0.4, -0.2) is 9.97 Å². The van der Waals surface area contributed by atoms with Gasteiger partial charge in [0.05, 0.1) is 5.69 Å². The van der Waals surface area contributed by atoms with E-state index >= 15 is 0 Å². The van der Waals surface area contributed by atoms with Gasteiger partial charge < -0.3 is 5.73 Å². The third-order valence-corrected chi connectivity index (χ3v) is 2.95. The van der Waals surface area contributed by atoms with Crippen molar-refractivity contribution in [3.63, 3.8) is 0 Å². The van der Waals surface area contributed by atoms with Crippen molar-refractivity contribution in [1.29, 1.82) is 0 Å². The molecule has 0 fully saturated rings. The van der Waals surface area contributed by atoms with Crippen molar-refractivity contribution >= 4 is 17.3 Å². The molecule has 2 heterocycles. The smallest absolute Gasteiger partial charge is 0.220 e. The number of nitrogens with zero attached hydrogens (tertiary/aromatic N) is 2. The van der Waals surface area contributed by atoms with Gasteiger partial charge in [-0.2, -0.15) is 0 Å². The molecule has 0 spiro atoms. The van der Waals surface area contributed by atoms with E-state index in [0.717, 1.165) is 16.8 Å². The van der Waals surface area contributed by atoms with Crippen LogP contribution in [0.25, 0.3) is 11.3 Å². The summed E-state index contributed by atoms with van der Waals surface area (Å²) in [6.45, 7) is 4.07. The number of nitrogen functional groups attached to an aromatic ring is 1. The summed E-state index contributed by atoms with van der Waals surface area (Å²) in [5.74, 6) is 0.330. The van der Waals surface area contributed by atoms with Crippen LogP contribution in [0.5, 0.6) is 0 Å². The molecule has 14 heavy (non-hydrogen) atoms. The molecule has 0 aliphatic heterocycles. The number of anilines is 1. The van der Waals surface area contributed by atoms with Crippen LogP contribution in [0, 0.1) is 13.8 Å². The zero-order chi connectivity index (χ0) is 10.1. The Morgan fingerprint density at radius 2 is 2.14 bits per heavy atom. The zero-order valence-electron chi connectivity index (χ0n) is 8.11. The molecule has 2 N–H and O–H groups in total. The minimum absolute atomic E-state index is 0.330. The van der Waals surface area contributed by atoms with Crippen molar-refractivity contribution in [3.8, 4) is 11.3 Å². The molecule has 0 saturated heterocycles. The highest BCUT2D eigenvalue weighted by Crippen LogP contribution is 2.28. The van der Waals surface area contributed by atoms with Crippen LogP contribution in [0.2, 0.25) is 0 Å². The van der Waals surface area contributed by atoms with Crippen molar-refractivity contribution in [1.82, 2.24) is 9.97 Å². The first-order valence-corrected chi connectivity index (χ1v) is 5.20. The van der Waals surface area contributed by atoms with Crippen LogP contribution in [-0.2, 0) is 0 Å². The Bertz CT molecular complexity index is 462. The lowest BCUT2D eigenvalue weighted by molar-refractivity contribution is 1.15. The van der Waals surface area contributed by atoms with Gasteiger partial charge in [-0.3, -0.25) is 0 Å². The van der Waals surface area contributed by atoms with Crippen LogP contribution in [0.4, 0.5) is 5.95 Å².